The Morgan fingerprint density at radius 1 is 1.38 bits per heavy atom. The van der Waals surface area contributed by atoms with Gasteiger partial charge in [-0.15, -0.1) is 0 Å². The average molecular weight is 287 g/mol. The molecular weight excluding hydrogens is 276 g/mol. The number of ether oxygens (including phenoxy) is 2. The molecule has 0 bridgehead atoms. The van der Waals surface area contributed by atoms with Gasteiger partial charge in [0.15, 0.2) is 11.5 Å². The van der Waals surface area contributed by atoms with Gasteiger partial charge in [0.1, 0.15) is 0 Å². The molecule has 1 N–H and O–H groups in total. The Hall–Kier alpha value is -1.23. The van der Waals surface area contributed by atoms with Gasteiger partial charge in [-0.05, 0) is 27.6 Å². The number of carboxylic acids is 1. The molecule has 0 saturated carbocycles. The lowest BCUT2D eigenvalue weighted by molar-refractivity contribution is -0.136. The molecule has 2 rings (SSSR count). The molecule has 0 fully saturated rings. The zero-order chi connectivity index (χ0) is 11.5. The van der Waals surface area contributed by atoms with Crippen molar-refractivity contribution in [2.75, 3.05) is 13.2 Å². The number of halogens is 1. The first-order valence-electron chi connectivity index (χ1n) is 4.97. The molecule has 0 radical (unpaired) electrons. The van der Waals surface area contributed by atoms with Crippen LogP contribution in [0.4, 0.5) is 0 Å². The Kier molecular flexibility index (Phi) is 3.33. The third-order valence-corrected chi connectivity index (χ3v) is 3.14. The van der Waals surface area contributed by atoms with Gasteiger partial charge in [0.05, 0.1) is 24.1 Å². The first-order valence-corrected chi connectivity index (χ1v) is 5.76. The molecule has 1 heterocycles. The van der Waals surface area contributed by atoms with Gasteiger partial charge in [0.25, 0.3) is 0 Å². The number of rotatable bonds is 2. The van der Waals surface area contributed by atoms with Crippen molar-refractivity contribution in [3.63, 3.8) is 0 Å². The summed E-state index contributed by atoms with van der Waals surface area (Å²) in [6, 6.07) is 3.50. The lowest BCUT2D eigenvalue weighted by Crippen LogP contribution is -2.02. The van der Waals surface area contributed by atoms with Crippen molar-refractivity contribution in [2.45, 2.75) is 12.8 Å². The maximum atomic E-state index is 10.7. The van der Waals surface area contributed by atoms with Crippen molar-refractivity contribution in [3.8, 4) is 11.5 Å². The number of carbonyl (C=O) groups is 1. The van der Waals surface area contributed by atoms with E-state index in [1.54, 1.807) is 12.1 Å². The summed E-state index contributed by atoms with van der Waals surface area (Å²) in [6.45, 7) is 1.21. The van der Waals surface area contributed by atoms with E-state index in [0.717, 1.165) is 6.42 Å². The SMILES string of the molecule is O=C(O)Cc1ccc2c(c1Br)OCCCO2. The molecule has 1 aromatic rings. The number of benzene rings is 1. The first kappa shape index (κ1) is 11.3. The fourth-order valence-electron chi connectivity index (χ4n) is 1.54. The highest BCUT2D eigenvalue weighted by Gasteiger charge is 2.17. The van der Waals surface area contributed by atoms with Crippen LogP contribution in [0.1, 0.15) is 12.0 Å². The van der Waals surface area contributed by atoms with Crippen LogP contribution < -0.4 is 9.47 Å². The van der Waals surface area contributed by atoms with Gasteiger partial charge < -0.3 is 14.6 Å². The van der Waals surface area contributed by atoms with Gasteiger partial charge >= 0.3 is 5.97 Å². The molecule has 0 amide bonds. The molecule has 0 spiro atoms. The molecule has 5 heteroatoms. The molecule has 0 atom stereocenters. The van der Waals surface area contributed by atoms with Crippen LogP contribution in [0.2, 0.25) is 0 Å². The lowest BCUT2D eigenvalue weighted by Gasteiger charge is -2.11. The van der Waals surface area contributed by atoms with E-state index in [9.17, 15) is 4.79 Å². The molecule has 1 aromatic carbocycles. The zero-order valence-corrected chi connectivity index (χ0v) is 10.1. The van der Waals surface area contributed by atoms with Crippen LogP contribution >= 0.6 is 15.9 Å². The van der Waals surface area contributed by atoms with E-state index in [1.807, 2.05) is 0 Å². The van der Waals surface area contributed by atoms with E-state index < -0.39 is 5.97 Å². The quantitative estimate of drug-likeness (QED) is 0.906. The summed E-state index contributed by atoms with van der Waals surface area (Å²) in [5, 5.41) is 8.76. The predicted molar refractivity (Wildman–Crippen MR) is 61.1 cm³/mol. The van der Waals surface area contributed by atoms with Gasteiger partial charge in [-0.25, -0.2) is 0 Å². The summed E-state index contributed by atoms with van der Waals surface area (Å²) in [4.78, 5) is 10.7. The third kappa shape index (κ3) is 2.29. The summed E-state index contributed by atoms with van der Waals surface area (Å²) in [6.07, 6.45) is 0.798. The van der Waals surface area contributed by atoms with Crippen LogP contribution in [0, 0.1) is 0 Å². The van der Waals surface area contributed by atoms with E-state index in [4.69, 9.17) is 14.6 Å². The van der Waals surface area contributed by atoms with Crippen molar-refractivity contribution in [1.82, 2.24) is 0 Å². The summed E-state index contributed by atoms with van der Waals surface area (Å²) in [5.41, 5.74) is 0.691. The van der Waals surface area contributed by atoms with Gasteiger partial charge in [-0.1, -0.05) is 6.07 Å². The van der Waals surface area contributed by atoms with Crippen LogP contribution in [0.25, 0.3) is 0 Å². The van der Waals surface area contributed by atoms with Crippen LogP contribution in [-0.4, -0.2) is 24.3 Å². The van der Waals surface area contributed by atoms with E-state index >= 15 is 0 Å². The number of fused-ring (bicyclic) bond motifs is 1. The minimum absolute atomic E-state index is 0.0305. The van der Waals surface area contributed by atoms with Crippen LogP contribution in [0.15, 0.2) is 16.6 Å². The summed E-state index contributed by atoms with van der Waals surface area (Å²) < 4.78 is 11.7. The third-order valence-electron chi connectivity index (χ3n) is 2.28. The number of hydrogen-bond donors (Lipinski definition) is 1. The van der Waals surface area contributed by atoms with Gasteiger partial charge in [-0.2, -0.15) is 0 Å². The van der Waals surface area contributed by atoms with Crippen LogP contribution in [-0.2, 0) is 11.2 Å². The van der Waals surface area contributed by atoms with E-state index in [2.05, 4.69) is 15.9 Å². The van der Waals surface area contributed by atoms with Gasteiger partial charge in [-0.3, -0.25) is 4.79 Å². The normalized spacial score (nSPS) is 14.3. The van der Waals surface area contributed by atoms with Crippen LogP contribution in [0.3, 0.4) is 0 Å². The zero-order valence-electron chi connectivity index (χ0n) is 8.53. The Balaban J connectivity index is 2.37. The standard InChI is InChI=1S/C11H11BrO4/c12-10-7(6-9(13)14)2-3-8-11(10)16-5-1-4-15-8/h2-3H,1,4-6H2,(H,13,14). The molecule has 86 valence electrons. The molecule has 1 aliphatic heterocycles. The number of aliphatic carboxylic acids is 1. The van der Waals surface area contributed by atoms with Crippen molar-refractivity contribution in [3.05, 3.63) is 22.2 Å². The molecule has 0 unspecified atom stereocenters. The maximum Gasteiger partial charge on any atom is 0.307 e. The molecule has 0 saturated heterocycles. The Bertz CT molecular complexity index is 417. The van der Waals surface area contributed by atoms with Crippen molar-refractivity contribution in [2.24, 2.45) is 0 Å². The minimum Gasteiger partial charge on any atom is -0.490 e. The smallest absolute Gasteiger partial charge is 0.307 e. The summed E-state index contributed by atoms with van der Waals surface area (Å²) >= 11 is 3.36. The molecule has 1 aliphatic rings. The fourth-order valence-corrected chi connectivity index (χ4v) is 2.12. The minimum atomic E-state index is -0.866. The van der Waals surface area contributed by atoms with E-state index in [0.29, 0.717) is 34.7 Å². The lowest BCUT2D eigenvalue weighted by atomic mass is 10.1. The van der Waals surface area contributed by atoms with E-state index in [1.165, 1.54) is 0 Å². The van der Waals surface area contributed by atoms with Gasteiger partial charge in [0.2, 0.25) is 0 Å². The highest BCUT2D eigenvalue weighted by molar-refractivity contribution is 9.10. The second-order valence-corrected chi connectivity index (χ2v) is 4.28. The molecule has 4 nitrogen and oxygen atoms in total. The number of carboxylic acid groups (broad SMARTS) is 1. The van der Waals surface area contributed by atoms with Crippen molar-refractivity contribution in [1.29, 1.82) is 0 Å². The molecular formula is C11H11BrO4. The molecule has 16 heavy (non-hydrogen) atoms. The highest BCUT2D eigenvalue weighted by atomic mass is 79.9. The Labute approximate surface area is 101 Å². The Morgan fingerprint density at radius 3 is 2.88 bits per heavy atom. The van der Waals surface area contributed by atoms with Gasteiger partial charge in [0, 0.05) is 6.42 Å². The molecule has 0 aliphatic carbocycles. The monoisotopic (exact) mass is 286 g/mol. The van der Waals surface area contributed by atoms with Crippen LogP contribution in [0.5, 0.6) is 11.5 Å². The maximum absolute atomic E-state index is 10.7. The second kappa shape index (κ2) is 4.74. The van der Waals surface area contributed by atoms with E-state index in [-0.39, 0.29) is 6.42 Å². The first-order chi connectivity index (χ1) is 7.68. The topological polar surface area (TPSA) is 55.8 Å². The highest BCUT2D eigenvalue weighted by Crippen LogP contribution is 2.39. The largest absolute Gasteiger partial charge is 0.490 e. The summed E-state index contributed by atoms with van der Waals surface area (Å²) in [7, 11) is 0. The average Bonchev–Trinajstić information content (AvgIpc) is 2.47. The van der Waals surface area contributed by atoms with Crippen molar-refractivity contribution >= 4 is 21.9 Å². The second-order valence-electron chi connectivity index (χ2n) is 3.49. The number of hydrogen-bond acceptors (Lipinski definition) is 3. The molecule has 0 aromatic heterocycles. The van der Waals surface area contributed by atoms with Crippen molar-refractivity contribution < 1.29 is 19.4 Å². The summed E-state index contributed by atoms with van der Waals surface area (Å²) in [5.74, 6) is 0.407. The Morgan fingerprint density at radius 2 is 2.12 bits per heavy atom. The predicted octanol–water partition coefficient (Wildman–Crippen LogP) is 2.24. The fraction of sp³-hybridized carbons (Fsp3) is 0.364.